The molecule has 0 saturated carbocycles. The van der Waals surface area contributed by atoms with Gasteiger partial charge in [0.05, 0.1) is 11.5 Å². The van der Waals surface area contributed by atoms with Crippen molar-refractivity contribution in [3.8, 4) is 0 Å². The number of nitro benzene ring substituents is 1. The number of rotatable bonds is 6. The van der Waals surface area contributed by atoms with E-state index in [0.717, 1.165) is 0 Å². The van der Waals surface area contributed by atoms with Crippen molar-refractivity contribution in [1.82, 2.24) is 0 Å². The minimum atomic E-state index is -1.12. The van der Waals surface area contributed by atoms with E-state index in [2.05, 4.69) is 5.32 Å². The molecule has 1 aromatic rings. The van der Waals surface area contributed by atoms with Crippen LogP contribution in [-0.4, -0.2) is 35.8 Å². The molecule has 0 spiro atoms. The van der Waals surface area contributed by atoms with E-state index in [9.17, 15) is 14.9 Å². The Labute approximate surface area is 104 Å². The van der Waals surface area contributed by atoms with Gasteiger partial charge < -0.3 is 15.2 Å². The molecule has 0 aliphatic heterocycles. The van der Waals surface area contributed by atoms with E-state index in [0.29, 0.717) is 5.56 Å². The number of carboxylic acids is 1. The maximum atomic E-state index is 10.9. The number of nitro groups is 1. The molecule has 0 bridgehead atoms. The highest BCUT2D eigenvalue weighted by atomic mass is 16.6. The normalized spacial score (nSPS) is 11.9. The van der Waals surface area contributed by atoms with Crippen LogP contribution in [0.4, 0.5) is 11.4 Å². The highest BCUT2D eigenvalue weighted by molar-refractivity contribution is 5.74. The smallest absolute Gasteiger partial charge is 0.334 e. The number of anilines is 1. The van der Waals surface area contributed by atoms with Crippen LogP contribution in [0.15, 0.2) is 18.2 Å². The third kappa shape index (κ3) is 3.17. The molecule has 0 heterocycles. The number of para-hydroxylation sites is 1. The van der Waals surface area contributed by atoms with Crippen LogP contribution < -0.4 is 5.32 Å². The lowest BCUT2D eigenvalue weighted by Crippen LogP contribution is -2.30. The number of hydrogen-bond donors (Lipinski definition) is 2. The zero-order chi connectivity index (χ0) is 13.7. The van der Waals surface area contributed by atoms with Crippen molar-refractivity contribution in [3.05, 3.63) is 33.9 Å². The lowest BCUT2D eigenvalue weighted by molar-refractivity contribution is -0.384. The van der Waals surface area contributed by atoms with Gasteiger partial charge in [-0.2, -0.15) is 0 Å². The lowest BCUT2D eigenvalue weighted by atomic mass is 10.1. The molecule has 0 fully saturated rings. The number of carbonyl (C=O) groups is 1. The number of hydrogen-bond acceptors (Lipinski definition) is 5. The van der Waals surface area contributed by atoms with Gasteiger partial charge in [0.2, 0.25) is 0 Å². The first-order valence-electron chi connectivity index (χ1n) is 5.20. The molecule has 18 heavy (non-hydrogen) atoms. The molecule has 1 rings (SSSR count). The molecule has 98 valence electrons. The third-order valence-corrected chi connectivity index (χ3v) is 2.46. The molecule has 1 unspecified atom stereocenters. The van der Waals surface area contributed by atoms with E-state index in [1.165, 1.54) is 13.2 Å². The van der Waals surface area contributed by atoms with Crippen molar-refractivity contribution in [2.75, 3.05) is 19.0 Å². The molecule has 1 atom stereocenters. The Balaban J connectivity index is 2.88. The molecule has 7 nitrogen and oxygen atoms in total. The molecule has 0 amide bonds. The highest BCUT2D eigenvalue weighted by Gasteiger charge is 2.20. The van der Waals surface area contributed by atoms with Crippen molar-refractivity contribution in [3.63, 3.8) is 0 Å². The molecule has 0 aliphatic carbocycles. The number of ether oxygens (including phenoxy) is 1. The average molecular weight is 254 g/mol. The zero-order valence-corrected chi connectivity index (χ0v) is 10.0. The molecule has 0 radical (unpaired) electrons. The quantitative estimate of drug-likeness (QED) is 0.588. The predicted molar refractivity (Wildman–Crippen MR) is 64.8 cm³/mol. The molecule has 0 aliphatic rings. The van der Waals surface area contributed by atoms with Crippen molar-refractivity contribution in [1.29, 1.82) is 0 Å². The number of nitrogens with zero attached hydrogens (tertiary/aromatic N) is 1. The van der Waals surface area contributed by atoms with Crippen LogP contribution in [0.3, 0.4) is 0 Å². The van der Waals surface area contributed by atoms with Gasteiger partial charge in [0, 0.05) is 12.7 Å². The summed E-state index contributed by atoms with van der Waals surface area (Å²) >= 11 is 0. The van der Waals surface area contributed by atoms with Crippen LogP contribution in [0.25, 0.3) is 0 Å². The molecule has 0 aromatic heterocycles. The van der Waals surface area contributed by atoms with Gasteiger partial charge in [-0.3, -0.25) is 10.1 Å². The van der Waals surface area contributed by atoms with Gasteiger partial charge in [0.25, 0.3) is 5.69 Å². The molecule has 2 N–H and O–H groups in total. The second-order valence-corrected chi connectivity index (χ2v) is 3.67. The summed E-state index contributed by atoms with van der Waals surface area (Å²) in [6, 6.07) is 4.81. The summed E-state index contributed by atoms with van der Waals surface area (Å²) in [5.41, 5.74) is 0.732. The van der Waals surface area contributed by atoms with Crippen molar-refractivity contribution in [2.45, 2.75) is 13.0 Å². The van der Waals surface area contributed by atoms with Gasteiger partial charge in [-0.05, 0) is 13.0 Å². The first-order chi connectivity index (χ1) is 8.47. The Morgan fingerprint density at radius 1 is 1.61 bits per heavy atom. The Hall–Kier alpha value is -2.15. The Bertz CT molecular complexity index is 461. The second-order valence-electron chi connectivity index (χ2n) is 3.67. The zero-order valence-electron chi connectivity index (χ0n) is 10.0. The summed E-state index contributed by atoms with van der Waals surface area (Å²) in [5, 5.41) is 22.4. The summed E-state index contributed by atoms with van der Waals surface area (Å²) in [4.78, 5) is 21.1. The van der Waals surface area contributed by atoms with Crippen LogP contribution >= 0.6 is 0 Å². The van der Waals surface area contributed by atoms with Crippen LogP contribution in [0.1, 0.15) is 5.56 Å². The van der Waals surface area contributed by atoms with Gasteiger partial charge in [-0.15, -0.1) is 0 Å². The van der Waals surface area contributed by atoms with E-state index in [1.54, 1.807) is 19.1 Å². The van der Waals surface area contributed by atoms with Crippen LogP contribution in [0.5, 0.6) is 0 Å². The standard InChI is InChI=1S/C11H14N2O5/c1-7-4-3-5-8(10(7)13(16)17)12-6-9(18-2)11(14)15/h3-5,9,12H,6H2,1-2H3,(H,14,15). The number of carboxylic acid groups (broad SMARTS) is 1. The van der Waals surface area contributed by atoms with Crippen molar-refractivity contribution >= 4 is 17.3 Å². The fraction of sp³-hybridized carbons (Fsp3) is 0.364. The summed E-state index contributed by atoms with van der Waals surface area (Å²) in [6.07, 6.45) is -1.05. The molecular weight excluding hydrogens is 240 g/mol. The SMILES string of the molecule is COC(CNc1cccc(C)c1[N+](=O)[O-])C(=O)O. The van der Waals surface area contributed by atoms with E-state index >= 15 is 0 Å². The average Bonchev–Trinajstić information content (AvgIpc) is 2.28. The summed E-state index contributed by atoms with van der Waals surface area (Å²) in [6.45, 7) is 1.57. The van der Waals surface area contributed by atoms with E-state index in [1.807, 2.05) is 0 Å². The topological polar surface area (TPSA) is 102 Å². The van der Waals surface area contributed by atoms with E-state index in [-0.39, 0.29) is 17.9 Å². The van der Waals surface area contributed by atoms with Gasteiger partial charge in [-0.25, -0.2) is 4.79 Å². The largest absolute Gasteiger partial charge is 0.479 e. The molecule has 1 aromatic carbocycles. The molecule has 0 saturated heterocycles. The first-order valence-corrected chi connectivity index (χ1v) is 5.20. The molecule has 7 heteroatoms. The summed E-state index contributed by atoms with van der Waals surface area (Å²) in [5.74, 6) is -1.12. The van der Waals surface area contributed by atoms with Crippen molar-refractivity contribution < 1.29 is 19.6 Å². The molecular formula is C11H14N2O5. The Kier molecular flexibility index (Phi) is 4.61. The van der Waals surface area contributed by atoms with Crippen LogP contribution in [0.2, 0.25) is 0 Å². The number of nitrogens with one attached hydrogen (secondary N) is 1. The van der Waals surface area contributed by atoms with Gasteiger partial charge in [-0.1, -0.05) is 12.1 Å². The number of aryl methyl sites for hydroxylation is 1. The van der Waals surface area contributed by atoms with Crippen LogP contribution in [-0.2, 0) is 9.53 Å². The number of aliphatic carboxylic acids is 1. The maximum Gasteiger partial charge on any atom is 0.334 e. The van der Waals surface area contributed by atoms with E-state index < -0.39 is 17.0 Å². The Morgan fingerprint density at radius 2 is 2.28 bits per heavy atom. The monoisotopic (exact) mass is 254 g/mol. The van der Waals surface area contributed by atoms with Crippen LogP contribution in [0, 0.1) is 17.0 Å². The van der Waals surface area contributed by atoms with E-state index in [4.69, 9.17) is 9.84 Å². The number of methoxy groups -OCH3 is 1. The maximum absolute atomic E-state index is 10.9. The Morgan fingerprint density at radius 3 is 2.78 bits per heavy atom. The fourth-order valence-electron chi connectivity index (χ4n) is 1.52. The second kappa shape index (κ2) is 5.97. The lowest BCUT2D eigenvalue weighted by Gasteiger charge is -2.13. The summed E-state index contributed by atoms with van der Waals surface area (Å²) < 4.78 is 4.73. The summed E-state index contributed by atoms with van der Waals surface area (Å²) in [7, 11) is 1.27. The third-order valence-electron chi connectivity index (χ3n) is 2.46. The predicted octanol–water partition coefficient (Wildman–Crippen LogP) is 1.41. The van der Waals surface area contributed by atoms with Crippen molar-refractivity contribution in [2.24, 2.45) is 0 Å². The minimum Gasteiger partial charge on any atom is -0.479 e. The minimum absolute atomic E-state index is 0.0455. The fourth-order valence-corrected chi connectivity index (χ4v) is 1.52. The van der Waals surface area contributed by atoms with Gasteiger partial charge in [0.15, 0.2) is 6.10 Å². The first kappa shape index (κ1) is 13.9. The van der Waals surface area contributed by atoms with Gasteiger partial charge >= 0.3 is 5.97 Å². The van der Waals surface area contributed by atoms with Gasteiger partial charge in [0.1, 0.15) is 5.69 Å². The highest BCUT2D eigenvalue weighted by Crippen LogP contribution is 2.27. The number of benzene rings is 1.